The van der Waals surface area contributed by atoms with Crippen LogP contribution in [-0.2, 0) is 4.79 Å². The van der Waals surface area contributed by atoms with Gasteiger partial charge >= 0.3 is 6.18 Å². The molecule has 14 heavy (non-hydrogen) atoms. The SMILES string of the molecule is CC(C)NC(C(=O)C(C)C)C(F)(F)F. The number of nitrogens with one attached hydrogen (secondary N) is 1. The molecule has 0 aromatic heterocycles. The number of alkyl halides is 3. The predicted octanol–water partition coefficient (Wildman–Crippen LogP) is 2.14. The molecule has 0 aliphatic heterocycles. The third kappa shape index (κ3) is 4.09. The van der Waals surface area contributed by atoms with Crippen LogP contribution in [0.15, 0.2) is 0 Å². The maximum absolute atomic E-state index is 12.4. The Morgan fingerprint density at radius 2 is 1.57 bits per heavy atom. The van der Waals surface area contributed by atoms with Crippen LogP contribution in [0.5, 0.6) is 0 Å². The van der Waals surface area contributed by atoms with E-state index in [-0.39, 0.29) is 6.04 Å². The Balaban J connectivity index is 4.65. The van der Waals surface area contributed by atoms with Crippen molar-refractivity contribution in [2.75, 3.05) is 0 Å². The normalized spacial score (nSPS) is 14.9. The number of Topliss-reactive ketones (excluding diaryl/α,β-unsaturated/α-hetero) is 1. The summed E-state index contributed by atoms with van der Waals surface area (Å²) in [5.74, 6) is -1.43. The van der Waals surface area contributed by atoms with Crippen LogP contribution in [0.2, 0.25) is 0 Å². The molecule has 0 aromatic carbocycles. The summed E-state index contributed by atoms with van der Waals surface area (Å²) in [4.78, 5) is 11.2. The van der Waals surface area contributed by atoms with Crippen molar-refractivity contribution in [3.05, 3.63) is 0 Å². The maximum Gasteiger partial charge on any atom is 0.410 e. The lowest BCUT2D eigenvalue weighted by atomic mass is 10.0. The lowest BCUT2D eigenvalue weighted by molar-refractivity contribution is -0.170. The second-order valence-corrected chi connectivity index (χ2v) is 3.85. The largest absolute Gasteiger partial charge is 0.410 e. The Hall–Kier alpha value is -0.580. The van der Waals surface area contributed by atoms with Gasteiger partial charge in [0.15, 0.2) is 11.8 Å². The molecular weight excluding hydrogens is 195 g/mol. The first-order chi connectivity index (χ1) is 6.16. The average molecular weight is 211 g/mol. The van der Waals surface area contributed by atoms with Crippen LogP contribution in [0.1, 0.15) is 27.7 Å². The molecule has 0 radical (unpaired) electrons. The molecule has 0 heterocycles. The van der Waals surface area contributed by atoms with E-state index in [0.717, 1.165) is 0 Å². The Morgan fingerprint density at radius 3 is 1.79 bits per heavy atom. The highest BCUT2D eigenvalue weighted by atomic mass is 19.4. The van der Waals surface area contributed by atoms with Crippen LogP contribution in [-0.4, -0.2) is 24.0 Å². The van der Waals surface area contributed by atoms with Gasteiger partial charge in [-0.15, -0.1) is 0 Å². The number of carbonyl (C=O) groups excluding carboxylic acids is 1. The molecule has 1 unspecified atom stereocenters. The van der Waals surface area contributed by atoms with Crippen LogP contribution < -0.4 is 5.32 Å². The van der Waals surface area contributed by atoms with Crippen LogP contribution in [0.3, 0.4) is 0 Å². The summed E-state index contributed by atoms with van der Waals surface area (Å²) in [5, 5.41) is 2.23. The minimum absolute atomic E-state index is 0.371. The molecule has 0 fully saturated rings. The molecule has 0 aromatic rings. The lowest BCUT2D eigenvalue weighted by Crippen LogP contribution is -2.52. The van der Waals surface area contributed by atoms with Gasteiger partial charge in [-0.3, -0.25) is 10.1 Å². The highest BCUT2D eigenvalue weighted by Gasteiger charge is 2.45. The summed E-state index contributed by atoms with van der Waals surface area (Å²) in [5.41, 5.74) is 0. The van der Waals surface area contributed by atoms with E-state index in [1.807, 2.05) is 0 Å². The summed E-state index contributed by atoms with van der Waals surface area (Å²) >= 11 is 0. The molecule has 1 atom stereocenters. The monoisotopic (exact) mass is 211 g/mol. The quantitative estimate of drug-likeness (QED) is 0.771. The van der Waals surface area contributed by atoms with E-state index in [1.54, 1.807) is 13.8 Å². The van der Waals surface area contributed by atoms with Crippen molar-refractivity contribution in [3.63, 3.8) is 0 Å². The fraction of sp³-hybridized carbons (Fsp3) is 0.889. The topological polar surface area (TPSA) is 29.1 Å². The average Bonchev–Trinajstić information content (AvgIpc) is 1.96. The van der Waals surface area contributed by atoms with Gasteiger partial charge in [-0.05, 0) is 0 Å². The first-order valence-electron chi connectivity index (χ1n) is 4.52. The van der Waals surface area contributed by atoms with Gasteiger partial charge in [0.2, 0.25) is 0 Å². The molecule has 5 heteroatoms. The van der Waals surface area contributed by atoms with E-state index < -0.39 is 23.9 Å². The molecule has 0 rings (SSSR count). The first-order valence-corrected chi connectivity index (χ1v) is 4.52. The fourth-order valence-corrected chi connectivity index (χ4v) is 1.00. The van der Waals surface area contributed by atoms with Gasteiger partial charge in [0.05, 0.1) is 0 Å². The second kappa shape index (κ2) is 4.77. The van der Waals surface area contributed by atoms with Crippen LogP contribution in [0, 0.1) is 5.92 Å². The Labute approximate surface area is 81.9 Å². The summed E-state index contributed by atoms with van der Waals surface area (Å²) < 4.78 is 37.2. The van der Waals surface area contributed by atoms with E-state index in [2.05, 4.69) is 5.32 Å². The molecule has 0 aliphatic rings. The zero-order chi connectivity index (χ0) is 11.5. The molecule has 84 valence electrons. The first kappa shape index (κ1) is 13.4. The van der Waals surface area contributed by atoms with E-state index in [0.29, 0.717) is 0 Å². The standard InChI is InChI=1S/C9H16F3NO/c1-5(2)7(14)8(9(10,11)12)13-6(3)4/h5-6,8,13H,1-4H3. The lowest BCUT2D eigenvalue weighted by Gasteiger charge is -2.24. The minimum Gasteiger partial charge on any atom is -0.298 e. The molecule has 0 aliphatic carbocycles. The van der Waals surface area contributed by atoms with Crippen LogP contribution in [0.4, 0.5) is 13.2 Å². The number of carbonyl (C=O) groups is 1. The van der Waals surface area contributed by atoms with Crippen molar-refractivity contribution in [3.8, 4) is 0 Å². The number of ketones is 1. The highest BCUT2D eigenvalue weighted by molar-refractivity contribution is 5.86. The maximum atomic E-state index is 12.4. The van der Waals surface area contributed by atoms with Gasteiger partial charge in [0.1, 0.15) is 0 Å². The minimum atomic E-state index is -4.51. The van der Waals surface area contributed by atoms with E-state index in [9.17, 15) is 18.0 Å². The third-order valence-corrected chi connectivity index (χ3v) is 1.68. The van der Waals surface area contributed by atoms with Gasteiger partial charge in [-0.25, -0.2) is 0 Å². The zero-order valence-corrected chi connectivity index (χ0v) is 8.77. The molecule has 2 nitrogen and oxygen atoms in total. The van der Waals surface area contributed by atoms with Crippen LogP contribution >= 0.6 is 0 Å². The highest BCUT2D eigenvalue weighted by Crippen LogP contribution is 2.23. The summed E-state index contributed by atoms with van der Waals surface area (Å²) in [6, 6.07) is -2.41. The number of hydrogen-bond acceptors (Lipinski definition) is 2. The Morgan fingerprint density at radius 1 is 1.14 bits per heavy atom. The van der Waals surface area contributed by atoms with Gasteiger partial charge in [-0.2, -0.15) is 13.2 Å². The summed E-state index contributed by atoms with van der Waals surface area (Å²) in [6.45, 7) is 6.07. The van der Waals surface area contributed by atoms with Gasteiger partial charge < -0.3 is 0 Å². The Kier molecular flexibility index (Phi) is 4.58. The third-order valence-electron chi connectivity index (χ3n) is 1.68. The van der Waals surface area contributed by atoms with Gasteiger partial charge in [0, 0.05) is 12.0 Å². The van der Waals surface area contributed by atoms with Crippen molar-refractivity contribution in [1.29, 1.82) is 0 Å². The smallest absolute Gasteiger partial charge is 0.298 e. The molecule has 0 saturated carbocycles. The van der Waals surface area contributed by atoms with Gasteiger partial charge in [-0.1, -0.05) is 27.7 Å². The fourth-order valence-electron chi connectivity index (χ4n) is 1.00. The number of halogens is 3. The number of hydrogen-bond donors (Lipinski definition) is 1. The van der Waals surface area contributed by atoms with Crippen molar-refractivity contribution >= 4 is 5.78 Å². The van der Waals surface area contributed by atoms with Crippen molar-refractivity contribution in [1.82, 2.24) is 5.32 Å². The molecule has 1 N–H and O–H groups in total. The molecule has 0 saturated heterocycles. The molecular formula is C9H16F3NO. The summed E-state index contributed by atoms with van der Waals surface area (Å²) in [6.07, 6.45) is -4.51. The molecule has 0 amide bonds. The van der Waals surface area contributed by atoms with Crippen molar-refractivity contribution in [2.45, 2.75) is 46.0 Å². The van der Waals surface area contributed by atoms with Crippen LogP contribution in [0.25, 0.3) is 0 Å². The van der Waals surface area contributed by atoms with E-state index >= 15 is 0 Å². The van der Waals surface area contributed by atoms with E-state index in [1.165, 1.54) is 13.8 Å². The molecule has 0 spiro atoms. The predicted molar refractivity (Wildman–Crippen MR) is 48.0 cm³/mol. The van der Waals surface area contributed by atoms with E-state index in [4.69, 9.17) is 0 Å². The second-order valence-electron chi connectivity index (χ2n) is 3.85. The summed E-state index contributed by atoms with van der Waals surface area (Å²) in [7, 11) is 0. The number of rotatable bonds is 4. The van der Waals surface area contributed by atoms with Crippen molar-refractivity contribution < 1.29 is 18.0 Å². The Bertz CT molecular complexity index is 199. The molecule has 0 bridgehead atoms. The zero-order valence-electron chi connectivity index (χ0n) is 8.77. The van der Waals surface area contributed by atoms with Crippen molar-refractivity contribution in [2.24, 2.45) is 5.92 Å². The van der Waals surface area contributed by atoms with Gasteiger partial charge in [0.25, 0.3) is 0 Å².